The number of nitrogens with zero attached hydrogens (tertiary/aromatic N) is 1. The summed E-state index contributed by atoms with van der Waals surface area (Å²) in [5.41, 5.74) is 0.989. The Balaban J connectivity index is 2.62. The van der Waals surface area contributed by atoms with E-state index in [4.69, 9.17) is 5.11 Å². The molecule has 104 valence electrons. The van der Waals surface area contributed by atoms with E-state index in [-0.39, 0.29) is 11.5 Å². The summed E-state index contributed by atoms with van der Waals surface area (Å²) in [5.74, 6) is -0.465. The van der Waals surface area contributed by atoms with Crippen LogP contribution in [0.5, 0.6) is 0 Å². The number of aromatic carboxylic acids is 1. The summed E-state index contributed by atoms with van der Waals surface area (Å²) >= 11 is 0. The van der Waals surface area contributed by atoms with Gasteiger partial charge in [-0.15, -0.1) is 0 Å². The zero-order valence-electron chi connectivity index (χ0n) is 11.7. The molecule has 0 spiro atoms. The van der Waals surface area contributed by atoms with Gasteiger partial charge >= 0.3 is 5.97 Å². The van der Waals surface area contributed by atoms with E-state index in [9.17, 15) is 9.59 Å². The molecule has 0 unspecified atom stereocenters. The minimum atomic E-state index is -0.946. The molecule has 1 amide bonds. The number of hydrogen-bond donors (Lipinski definition) is 1. The van der Waals surface area contributed by atoms with E-state index in [1.54, 1.807) is 36.2 Å². The van der Waals surface area contributed by atoms with Gasteiger partial charge in [-0.2, -0.15) is 0 Å². The smallest absolute Gasteiger partial charge is 0.335 e. The average molecular weight is 263 g/mol. The fourth-order valence-corrected chi connectivity index (χ4v) is 2.03. The molecule has 1 rings (SSSR count). The Bertz CT molecular complexity index is 454. The standard InChI is InChI=1S/C15H21NO3/c1-11(2)10-16(3)14(17)9-8-12-6-4-5-7-13(12)15(18)19/h4-7,11H,8-10H2,1-3H3,(H,18,19). The van der Waals surface area contributed by atoms with Crippen LogP contribution < -0.4 is 0 Å². The minimum Gasteiger partial charge on any atom is -0.478 e. The predicted octanol–water partition coefficient (Wildman–Crippen LogP) is 2.43. The zero-order chi connectivity index (χ0) is 14.4. The Morgan fingerprint density at radius 3 is 2.47 bits per heavy atom. The second-order valence-electron chi connectivity index (χ2n) is 5.13. The summed E-state index contributed by atoms with van der Waals surface area (Å²) in [4.78, 5) is 24.7. The van der Waals surface area contributed by atoms with Crippen molar-refractivity contribution in [2.75, 3.05) is 13.6 Å². The molecular weight excluding hydrogens is 242 g/mol. The van der Waals surface area contributed by atoms with Crippen LogP contribution in [0.15, 0.2) is 24.3 Å². The van der Waals surface area contributed by atoms with Gasteiger partial charge in [-0.05, 0) is 24.0 Å². The lowest BCUT2D eigenvalue weighted by molar-refractivity contribution is -0.130. The average Bonchev–Trinajstić information content (AvgIpc) is 2.35. The number of carboxylic acid groups (broad SMARTS) is 1. The maximum Gasteiger partial charge on any atom is 0.335 e. The van der Waals surface area contributed by atoms with Crippen molar-refractivity contribution in [2.24, 2.45) is 5.92 Å². The van der Waals surface area contributed by atoms with Crippen LogP contribution in [0.25, 0.3) is 0 Å². The molecule has 0 saturated carbocycles. The third-order valence-electron chi connectivity index (χ3n) is 2.92. The number of carbonyl (C=O) groups excluding carboxylic acids is 1. The Kier molecular flexibility index (Phi) is 5.55. The van der Waals surface area contributed by atoms with Gasteiger partial charge in [0.25, 0.3) is 0 Å². The SMILES string of the molecule is CC(C)CN(C)C(=O)CCc1ccccc1C(=O)O. The Morgan fingerprint density at radius 1 is 1.26 bits per heavy atom. The molecule has 4 nitrogen and oxygen atoms in total. The summed E-state index contributed by atoms with van der Waals surface area (Å²) in [6, 6.07) is 6.82. The third kappa shape index (κ3) is 4.73. The molecule has 0 aliphatic carbocycles. The van der Waals surface area contributed by atoms with Crippen LogP contribution in [0.3, 0.4) is 0 Å². The molecule has 0 heterocycles. The van der Waals surface area contributed by atoms with Crippen molar-refractivity contribution < 1.29 is 14.7 Å². The van der Waals surface area contributed by atoms with Gasteiger partial charge in [-0.3, -0.25) is 4.79 Å². The van der Waals surface area contributed by atoms with Crippen molar-refractivity contribution in [3.63, 3.8) is 0 Å². The first-order chi connectivity index (χ1) is 8.91. The summed E-state index contributed by atoms with van der Waals surface area (Å²) in [7, 11) is 1.78. The van der Waals surface area contributed by atoms with E-state index in [0.717, 1.165) is 6.54 Å². The third-order valence-corrected chi connectivity index (χ3v) is 2.92. The molecular formula is C15H21NO3. The van der Waals surface area contributed by atoms with Gasteiger partial charge in [0.15, 0.2) is 0 Å². The van der Waals surface area contributed by atoms with Crippen LogP contribution in [0, 0.1) is 5.92 Å². The van der Waals surface area contributed by atoms with Gasteiger partial charge in [-0.25, -0.2) is 4.79 Å². The van der Waals surface area contributed by atoms with Crippen LogP contribution in [0.2, 0.25) is 0 Å². The van der Waals surface area contributed by atoms with Crippen molar-refractivity contribution in [3.8, 4) is 0 Å². The van der Waals surface area contributed by atoms with E-state index in [1.165, 1.54) is 0 Å². The number of aryl methyl sites for hydroxylation is 1. The molecule has 1 aromatic rings. The molecule has 0 bridgehead atoms. The van der Waals surface area contributed by atoms with Crippen LogP contribution >= 0.6 is 0 Å². The Hall–Kier alpha value is -1.84. The second kappa shape index (κ2) is 6.92. The molecule has 19 heavy (non-hydrogen) atoms. The quantitative estimate of drug-likeness (QED) is 0.857. The number of rotatable bonds is 6. The molecule has 0 aliphatic rings. The van der Waals surface area contributed by atoms with Crippen molar-refractivity contribution >= 4 is 11.9 Å². The van der Waals surface area contributed by atoms with Crippen molar-refractivity contribution in [1.29, 1.82) is 0 Å². The largest absolute Gasteiger partial charge is 0.478 e. The van der Waals surface area contributed by atoms with Gasteiger partial charge < -0.3 is 10.0 Å². The maximum absolute atomic E-state index is 11.9. The van der Waals surface area contributed by atoms with Crippen molar-refractivity contribution in [3.05, 3.63) is 35.4 Å². The van der Waals surface area contributed by atoms with Gasteiger partial charge in [0, 0.05) is 20.0 Å². The number of hydrogen-bond acceptors (Lipinski definition) is 2. The van der Waals surface area contributed by atoms with E-state index in [1.807, 2.05) is 0 Å². The molecule has 0 aliphatic heterocycles. The number of benzene rings is 1. The highest BCUT2D eigenvalue weighted by Gasteiger charge is 2.13. The van der Waals surface area contributed by atoms with Crippen LogP contribution in [-0.2, 0) is 11.2 Å². The van der Waals surface area contributed by atoms with Gasteiger partial charge in [-0.1, -0.05) is 32.0 Å². The molecule has 0 radical (unpaired) electrons. The molecule has 4 heteroatoms. The number of carboxylic acids is 1. The first-order valence-electron chi connectivity index (χ1n) is 6.47. The fourth-order valence-electron chi connectivity index (χ4n) is 2.03. The van der Waals surface area contributed by atoms with Crippen LogP contribution in [-0.4, -0.2) is 35.5 Å². The van der Waals surface area contributed by atoms with Gasteiger partial charge in [0.1, 0.15) is 0 Å². The first-order valence-corrected chi connectivity index (χ1v) is 6.47. The van der Waals surface area contributed by atoms with Gasteiger partial charge in [0.05, 0.1) is 5.56 Å². The van der Waals surface area contributed by atoms with Crippen LogP contribution in [0.4, 0.5) is 0 Å². The lowest BCUT2D eigenvalue weighted by Crippen LogP contribution is -2.30. The first kappa shape index (κ1) is 15.2. The molecule has 0 aromatic heterocycles. The van der Waals surface area contributed by atoms with E-state index >= 15 is 0 Å². The fraction of sp³-hybridized carbons (Fsp3) is 0.467. The molecule has 1 N–H and O–H groups in total. The number of amides is 1. The van der Waals surface area contributed by atoms with Crippen molar-refractivity contribution in [2.45, 2.75) is 26.7 Å². The Labute approximate surface area is 114 Å². The van der Waals surface area contributed by atoms with E-state index in [2.05, 4.69) is 13.8 Å². The zero-order valence-corrected chi connectivity index (χ0v) is 11.7. The highest BCUT2D eigenvalue weighted by atomic mass is 16.4. The second-order valence-corrected chi connectivity index (χ2v) is 5.13. The van der Waals surface area contributed by atoms with E-state index in [0.29, 0.717) is 24.3 Å². The predicted molar refractivity (Wildman–Crippen MR) is 74.2 cm³/mol. The number of carbonyl (C=O) groups is 2. The van der Waals surface area contributed by atoms with E-state index < -0.39 is 5.97 Å². The van der Waals surface area contributed by atoms with Gasteiger partial charge in [0.2, 0.25) is 5.91 Å². The van der Waals surface area contributed by atoms with Crippen molar-refractivity contribution in [1.82, 2.24) is 4.90 Å². The molecule has 0 fully saturated rings. The summed E-state index contributed by atoms with van der Waals surface area (Å²) in [5, 5.41) is 9.06. The summed E-state index contributed by atoms with van der Waals surface area (Å²) in [6.07, 6.45) is 0.803. The summed E-state index contributed by atoms with van der Waals surface area (Å²) in [6.45, 7) is 4.84. The molecule has 0 atom stereocenters. The summed E-state index contributed by atoms with van der Waals surface area (Å²) < 4.78 is 0. The monoisotopic (exact) mass is 263 g/mol. The molecule has 1 aromatic carbocycles. The minimum absolute atomic E-state index is 0.0499. The lowest BCUT2D eigenvalue weighted by Gasteiger charge is -2.19. The van der Waals surface area contributed by atoms with Crippen LogP contribution in [0.1, 0.15) is 36.2 Å². The Morgan fingerprint density at radius 2 is 1.89 bits per heavy atom. The maximum atomic E-state index is 11.9. The lowest BCUT2D eigenvalue weighted by atomic mass is 10.0. The highest BCUT2D eigenvalue weighted by molar-refractivity contribution is 5.89. The topological polar surface area (TPSA) is 57.6 Å². The normalized spacial score (nSPS) is 10.5. The highest BCUT2D eigenvalue weighted by Crippen LogP contribution is 2.12. The molecule has 0 saturated heterocycles.